The van der Waals surface area contributed by atoms with E-state index in [2.05, 4.69) is 15.3 Å². The number of carbonyl (C=O) groups is 1. The van der Waals surface area contributed by atoms with Crippen LogP contribution in [0.1, 0.15) is 16.1 Å². The highest BCUT2D eigenvalue weighted by Crippen LogP contribution is 2.17. The second-order valence-corrected chi connectivity index (χ2v) is 6.28. The van der Waals surface area contributed by atoms with Crippen molar-refractivity contribution in [1.82, 2.24) is 14.5 Å². The Hall–Kier alpha value is -3.13. The zero-order chi connectivity index (χ0) is 18.5. The van der Waals surface area contributed by atoms with Crippen molar-refractivity contribution in [2.45, 2.75) is 11.4 Å². The first-order valence-electron chi connectivity index (χ1n) is 7.76. The van der Waals surface area contributed by atoms with Crippen molar-refractivity contribution < 1.29 is 4.79 Å². The lowest BCUT2D eigenvalue weighted by molar-refractivity contribution is 0.102. The van der Waals surface area contributed by atoms with Crippen LogP contribution in [0.25, 0.3) is 0 Å². The molecule has 0 spiro atoms. The smallest absolute Gasteiger partial charge is 0.322 e. The summed E-state index contributed by atoms with van der Waals surface area (Å²) in [7, 11) is 0. The number of nitrogens with one attached hydrogen (secondary N) is 2. The average molecular weight is 368 g/mol. The summed E-state index contributed by atoms with van der Waals surface area (Å²) < 4.78 is 0.952. The first-order chi connectivity index (χ1) is 12.6. The van der Waals surface area contributed by atoms with E-state index < -0.39 is 17.2 Å². The van der Waals surface area contributed by atoms with Crippen LogP contribution in [0, 0.1) is 0 Å². The van der Waals surface area contributed by atoms with Gasteiger partial charge < -0.3 is 10.3 Å². The summed E-state index contributed by atoms with van der Waals surface area (Å²) in [6, 6.07) is 12.4. The molecule has 0 fully saturated rings. The number of anilines is 1. The van der Waals surface area contributed by atoms with Gasteiger partial charge in [0.1, 0.15) is 5.56 Å². The number of H-pyrrole nitrogens is 1. The predicted octanol–water partition coefficient (Wildman–Crippen LogP) is 1.95. The van der Waals surface area contributed by atoms with Crippen molar-refractivity contribution in [1.29, 1.82) is 0 Å². The normalized spacial score (nSPS) is 10.5. The molecule has 3 rings (SSSR count). The summed E-state index contributed by atoms with van der Waals surface area (Å²) in [5.41, 5.74) is -0.298. The van der Waals surface area contributed by atoms with Crippen LogP contribution < -0.4 is 16.6 Å². The molecule has 0 unspecified atom stereocenters. The number of amides is 1. The van der Waals surface area contributed by atoms with Gasteiger partial charge in [-0.05, 0) is 42.7 Å². The lowest BCUT2D eigenvalue weighted by Gasteiger charge is -2.08. The number of aromatic amines is 1. The van der Waals surface area contributed by atoms with Crippen LogP contribution in [0.2, 0.25) is 0 Å². The maximum absolute atomic E-state index is 12.6. The molecule has 0 radical (unpaired) electrons. The molecule has 0 aliphatic carbocycles. The van der Waals surface area contributed by atoms with E-state index in [0.717, 1.165) is 15.7 Å². The molecule has 8 heteroatoms. The number of aromatic nitrogens is 3. The zero-order valence-electron chi connectivity index (χ0n) is 13.9. The molecular formula is C18H16N4O3S. The van der Waals surface area contributed by atoms with E-state index in [0.29, 0.717) is 11.4 Å². The predicted molar refractivity (Wildman–Crippen MR) is 101 cm³/mol. The molecule has 1 amide bonds. The Bertz CT molecular complexity index is 1030. The molecule has 7 nitrogen and oxygen atoms in total. The van der Waals surface area contributed by atoms with Crippen LogP contribution in [0.5, 0.6) is 0 Å². The number of hydrogen-bond acceptors (Lipinski definition) is 5. The van der Waals surface area contributed by atoms with Gasteiger partial charge in [-0.1, -0.05) is 6.07 Å². The van der Waals surface area contributed by atoms with Gasteiger partial charge in [0, 0.05) is 23.0 Å². The quantitative estimate of drug-likeness (QED) is 0.671. The lowest BCUT2D eigenvalue weighted by Crippen LogP contribution is -2.39. The Labute approximate surface area is 153 Å². The van der Waals surface area contributed by atoms with Crippen molar-refractivity contribution in [2.24, 2.45) is 0 Å². The van der Waals surface area contributed by atoms with Crippen molar-refractivity contribution in [2.75, 3.05) is 11.6 Å². The molecule has 2 aromatic heterocycles. The number of pyridine rings is 1. The third kappa shape index (κ3) is 3.92. The molecule has 132 valence electrons. The maximum atomic E-state index is 12.6. The van der Waals surface area contributed by atoms with Crippen molar-refractivity contribution in [3.63, 3.8) is 0 Å². The molecule has 3 aromatic rings. The number of hydrogen-bond donors (Lipinski definition) is 2. The second-order valence-electron chi connectivity index (χ2n) is 5.40. The van der Waals surface area contributed by atoms with E-state index in [1.54, 1.807) is 48.3 Å². The molecule has 0 aliphatic heterocycles. The topological polar surface area (TPSA) is 96.8 Å². The second kappa shape index (κ2) is 7.83. The zero-order valence-corrected chi connectivity index (χ0v) is 14.7. The molecule has 1 aromatic carbocycles. The van der Waals surface area contributed by atoms with Crippen LogP contribution in [-0.4, -0.2) is 26.7 Å². The van der Waals surface area contributed by atoms with Crippen molar-refractivity contribution >= 4 is 23.4 Å². The van der Waals surface area contributed by atoms with Crippen LogP contribution in [0.15, 0.2) is 69.3 Å². The minimum absolute atomic E-state index is 0.0153. The molecule has 2 N–H and O–H groups in total. The van der Waals surface area contributed by atoms with Gasteiger partial charge in [0.15, 0.2) is 0 Å². The highest BCUT2D eigenvalue weighted by Gasteiger charge is 2.15. The summed E-state index contributed by atoms with van der Waals surface area (Å²) in [5, 5.41) is 2.66. The Morgan fingerprint density at radius 3 is 2.62 bits per heavy atom. The summed E-state index contributed by atoms with van der Waals surface area (Å²) in [4.78, 5) is 44.6. The third-order valence-electron chi connectivity index (χ3n) is 3.70. The van der Waals surface area contributed by atoms with Gasteiger partial charge in [-0.15, -0.1) is 11.8 Å². The van der Waals surface area contributed by atoms with Crippen molar-refractivity contribution in [3.8, 4) is 0 Å². The van der Waals surface area contributed by atoms with Gasteiger partial charge in [-0.25, -0.2) is 4.79 Å². The third-order valence-corrected chi connectivity index (χ3v) is 4.44. The first-order valence-corrected chi connectivity index (χ1v) is 8.99. The van der Waals surface area contributed by atoms with Crippen LogP contribution >= 0.6 is 11.8 Å². The first kappa shape index (κ1) is 17.7. The van der Waals surface area contributed by atoms with Gasteiger partial charge in [0.25, 0.3) is 11.5 Å². The summed E-state index contributed by atoms with van der Waals surface area (Å²) in [6.45, 7) is -0.0153. The minimum Gasteiger partial charge on any atom is -0.322 e. The van der Waals surface area contributed by atoms with Gasteiger partial charge >= 0.3 is 5.69 Å². The summed E-state index contributed by atoms with van der Waals surface area (Å²) >= 11 is 1.59. The molecule has 0 saturated carbocycles. The molecular weight excluding hydrogens is 352 g/mol. The lowest BCUT2D eigenvalue weighted by atomic mass is 10.2. The van der Waals surface area contributed by atoms with E-state index in [9.17, 15) is 14.4 Å². The molecule has 0 saturated heterocycles. The highest BCUT2D eigenvalue weighted by atomic mass is 32.2. The fraction of sp³-hybridized carbons (Fsp3) is 0.111. The van der Waals surface area contributed by atoms with E-state index in [1.165, 1.54) is 0 Å². The van der Waals surface area contributed by atoms with Gasteiger partial charge in [-0.2, -0.15) is 0 Å². The van der Waals surface area contributed by atoms with E-state index >= 15 is 0 Å². The molecule has 0 bridgehead atoms. The largest absolute Gasteiger partial charge is 0.328 e. The summed E-state index contributed by atoms with van der Waals surface area (Å²) in [6.07, 6.45) is 4.66. The van der Waals surface area contributed by atoms with Crippen molar-refractivity contribution in [3.05, 3.63) is 87.0 Å². The number of carbonyl (C=O) groups excluding carboxylic acids is 1. The van der Waals surface area contributed by atoms with Gasteiger partial charge in [0.2, 0.25) is 0 Å². The SMILES string of the molecule is CSc1ccc(NC(=O)c2c[nH]c(=O)n(Cc3ccccn3)c2=O)cc1. The van der Waals surface area contributed by atoms with Crippen LogP contribution in [-0.2, 0) is 6.54 Å². The Morgan fingerprint density at radius 2 is 1.96 bits per heavy atom. The van der Waals surface area contributed by atoms with Gasteiger partial charge in [-0.3, -0.25) is 19.1 Å². The van der Waals surface area contributed by atoms with Crippen LogP contribution in [0.4, 0.5) is 5.69 Å². The highest BCUT2D eigenvalue weighted by molar-refractivity contribution is 7.98. The van der Waals surface area contributed by atoms with E-state index in [1.807, 2.05) is 18.4 Å². The standard InChI is InChI=1S/C18H16N4O3S/c1-26-14-7-5-12(6-8-14)21-16(23)15-10-20-18(25)22(17(15)24)11-13-4-2-3-9-19-13/h2-10H,11H2,1H3,(H,20,25)(H,21,23). The number of benzene rings is 1. The number of thioether (sulfide) groups is 1. The maximum Gasteiger partial charge on any atom is 0.328 e. The minimum atomic E-state index is -0.669. The fourth-order valence-corrected chi connectivity index (χ4v) is 2.75. The molecule has 0 atom stereocenters. The number of nitrogens with zero attached hydrogens (tertiary/aromatic N) is 2. The fourth-order valence-electron chi connectivity index (χ4n) is 2.34. The molecule has 26 heavy (non-hydrogen) atoms. The Balaban J connectivity index is 1.87. The van der Waals surface area contributed by atoms with E-state index in [-0.39, 0.29) is 12.1 Å². The molecule has 2 heterocycles. The average Bonchev–Trinajstić information content (AvgIpc) is 2.66. The molecule has 0 aliphatic rings. The van der Waals surface area contributed by atoms with E-state index in [4.69, 9.17) is 0 Å². The Morgan fingerprint density at radius 1 is 1.19 bits per heavy atom. The van der Waals surface area contributed by atoms with Gasteiger partial charge in [0.05, 0.1) is 12.2 Å². The Kier molecular flexibility index (Phi) is 5.33. The van der Waals surface area contributed by atoms with Crippen LogP contribution in [0.3, 0.4) is 0 Å². The summed E-state index contributed by atoms with van der Waals surface area (Å²) in [5.74, 6) is -0.585. The number of rotatable bonds is 5. The monoisotopic (exact) mass is 368 g/mol.